The number of hydrogen-bond donors (Lipinski definition) is 13. The Morgan fingerprint density at radius 2 is 1.50 bits per heavy atom. The van der Waals surface area contributed by atoms with E-state index >= 15 is 0 Å². The predicted molar refractivity (Wildman–Crippen MR) is 300 cm³/mol. The molecule has 3 fully saturated rings. The number of amides is 8. The Kier molecular flexibility index (Phi) is 21.8. The van der Waals surface area contributed by atoms with E-state index in [1.165, 1.54) is 19.1 Å². The summed E-state index contributed by atoms with van der Waals surface area (Å²) >= 11 is 0. The summed E-state index contributed by atoms with van der Waals surface area (Å²) in [4.78, 5) is 115. The third-order valence-corrected chi connectivity index (χ3v) is 15.3. The molecule has 4 heterocycles. The normalized spacial score (nSPS) is 24.8. The second kappa shape index (κ2) is 28.8. The molecule has 3 saturated heterocycles. The van der Waals surface area contributed by atoms with E-state index in [1.807, 2.05) is 24.3 Å². The Morgan fingerprint density at radius 3 is 2.16 bits per heavy atom. The van der Waals surface area contributed by atoms with E-state index in [-0.39, 0.29) is 30.5 Å². The van der Waals surface area contributed by atoms with Crippen molar-refractivity contribution < 1.29 is 95.4 Å². The zero-order valence-electron chi connectivity index (χ0n) is 47.1. The number of nitrogens with two attached hydrogens (primary N) is 1. The molecule has 3 aliphatic rings. The lowest BCUT2D eigenvalue weighted by molar-refractivity contribution is -0.147. The number of nitrogens with zero attached hydrogens (tertiary/aromatic N) is 3. The standard InChI is InChI=1S/C56H71N9O20S/c1-4-5-6-20-83-35-16-14-32(15-17-35)42-24-36(63-84-42)31-10-12-33(13-11-31)50(73)59-37-23-34(67)26-58-54(77)48-49(72)28(2)27-65(48)56(79)47(41(70)25-44(57)71)62-53(76)46(40(69)21-30-9-18-39(68)43(22-30)85-86(80,81)82)61-52(75)38-8-7-19-64(38)55(78)45(29(3)66)60-51(37)74/h9-18,22,24,28-29,34,37-38,40-41,45-49,66-70,72H,4-8,19-21,23,25-27H2,1-3H3,(H2,57,71)(H,58,77)(H,59,73)(H,60,74)(H,61,75)(H,62,76)(H,80,81,82)/t28-,29+,34-,37-,38-,40+,41+,45-,46-,47-,48-,49-/m0/s1. The molecule has 0 saturated carbocycles. The van der Waals surface area contributed by atoms with Crippen LogP contribution >= 0.6 is 0 Å². The van der Waals surface area contributed by atoms with Crippen molar-refractivity contribution in [3.63, 3.8) is 0 Å². The van der Waals surface area contributed by atoms with Gasteiger partial charge in [-0.25, -0.2) is 0 Å². The number of phenols is 1. The number of unbranched alkanes of at least 4 members (excludes halogenated alkanes) is 2. The number of aliphatic hydroxyl groups excluding tert-OH is 5. The Hall–Kier alpha value is -8.26. The molecule has 466 valence electrons. The van der Waals surface area contributed by atoms with Gasteiger partial charge in [0.1, 0.15) is 47.7 Å². The third kappa shape index (κ3) is 16.6. The Balaban J connectivity index is 1.18. The minimum Gasteiger partial charge on any atom is -0.504 e. The summed E-state index contributed by atoms with van der Waals surface area (Å²) in [7, 11) is -5.21. The number of carbonyl (C=O) groups is 8. The average molecular weight is 1220 g/mol. The first kappa shape index (κ1) is 65.3. The number of nitrogens with one attached hydrogen (secondary N) is 5. The van der Waals surface area contributed by atoms with Crippen LogP contribution in [-0.2, 0) is 50.4 Å². The van der Waals surface area contributed by atoms with Gasteiger partial charge < -0.3 is 86.2 Å². The van der Waals surface area contributed by atoms with Crippen LogP contribution in [0.4, 0.5) is 0 Å². The molecule has 0 bridgehead atoms. The number of rotatable bonds is 18. The zero-order chi connectivity index (χ0) is 62.7. The summed E-state index contributed by atoms with van der Waals surface area (Å²) in [5.74, 6) is -10.5. The maximum atomic E-state index is 14.6. The second-order valence-corrected chi connectivity index (χ2v) is 22.5. The highest BCUT2D eigenvalue weighted by molar-refractivity contribution is 7.81. The van der Waals surface area contributed by atoms with Gasteiger partial charge in [-0.05, 0) is 80.3 Å². The van der Waals surface area contributed by atoms with Crippen molar-refractivity contribution in [3.05, 3.63) is 83.9 Å². The van der Waals surface area contributed by atoms with Gasteiger partial charge in [0.15, 0.2) is 17.3 Å². The summed E-state index contributed by atoms with van der Waals surface area (Å²) in [6.07, 6.45) is -8.67. The van der Waals surface area contributed by atoms with Crippen molar-refractivity contribution in [2.45, 2.75) is 139 Å². The lowest BCUT2D eigenvalue weighted by Gasteiger charge is -2.34. The highest BCUT2D eigenvalue weighted by Gasteiger charge is 2.49. The van der Waals surface area contributed by atoms with Crippen LogP contribution in [0.25, 0.3) is 22.6 Å². The molecule has 0 aliphatic carbocycles. The van der Waals surface area contributed by atoms with Crippen molar-refractivity contribution in [3.8, 4) is 39.8 Å². The first-order valence-electron chi connectivity index (χ1n) is 27.8. The number of fused-ring (bicyclic) bond motifs is 2. The minimum atomic E-state index is -5.21. The van der Waals surface area contributed by atoms with Gasteiger partial charge in [-0.2, -0.15) is 8.42 Å². The molecule has 4 aromatic rings. The van der Waals surface area contributed by atoms with E-state index in [9.17, 15) is 82.0 Å². The van der Waals surface area contributed by atoms with Crippen molar-refractivity contribution in [2.75, 3.05) is 26.2 Å². The van der Waals surface area contributed by atoms with Crippen molar-refractivity contribution in [2.24, 2.45) is 11.7 Å². The summed E-state index contributed by atoms with van der Waals surface area (Å²) in [6, 6.07) is 6.48. The van der Waals surface area contributed by atoms with Crippen LogP contribution in [0.2, 0.25) is 0 Å². The summed E-state index contributed by atoms with van der Waals surface area (Å²) < 4.78 is 48.2. The monoisotopic (exact) mass is 1220 g/mol. The molecule has 0 radical (unpaired) electrons. The zero-order valence-corrected chi connectivity index (χ0v) is 47.9. The molecule has 14 N–H and O–H groups in total. The van der Waals surface area contributed by atoms with Crippen LogP contribution in [-0.4, -0.2) is 199 Å². The first-order valence-corrected chi connectivity index (χ1v) is 29.2. The topological polar surface area (TPSA) is 449 Å². The Bertz CT molecular complexity index is 3220. The maximum absolute atomic E-state index is 14.6. The molecule has 8 amide bonds. The lowest BCUT2D eigenvalue weighted by Crippen LogP contribution is -2.64. The molecule has 3 aromatic carbocycles. The number of β-amino-alcohol motifs (C(OH)–C–C–N with tert-alkyl or cyclic N) is 1. The van der Waals surface area contributed by atoms with E-state index in [2.05, 4.69) is 42.8 Å². The lowest BCUT2D eigenvalue weighted by atomic mass is 9.98. The molecular formula is C56H71N9O20S. The van der Waals surface area contributed by atoms with Crippen molar-refractivity contribution in [1.82, 2.24) is 41.5 Å². The molecule has 7 rings (SSSR count). The van der Waals surface area contributed by atoms with Gasteiger partial charge in [0.2, 0.25) is 41.4 Å². The van der Waals surface area contributed by atoms with Crippen LogP contribution in [0.5, 0.6) is 17.2 Å². The number of hydrogen-bond acceptors (Lipinski definition) is 20. The smallest absolute Gasteiger partial charge is 0.446 e. The van der Waals surface area contributed by atoms with Crippen LogP contribution in [0.15, 0.2) is 77.3 Å². The van der Waals surface area contributed by atoms with E-state index in [0.29, 0.717) is 29.4 Å². The number of ether oxygens (including phenoxy) is 1. The van der Waals surface area contributed by atoms with Crippen LogP contribution in [0.1, 0.15) is 81.6 Å². The Morgan fingerprint density at radius 1 is 0.837 bits per heavy atom. The van der Waals surface area contributed by atoms with Crippen LogP contribution in [0.3, 0.4) is 0 Å². The molecule has 30 heteroatoms. The number of phenolic OH excluding ortho intramolecular Hbond substituents is 1. The average Bonchev–Trinajstić information content (AvgIpc) is 2.07. The molecular weight excluding hydrogens is 1150 g/mol. The van der Waals surface area contributed by atoms with E-state index < -0.39 is 174 Å². The second-order valence-electron chi connectivity index (χ2n) is 21.5. The number of aliphatic hydroxyl groups is 5. The quantitative estimate of drug-likeness (QED) is 0.0391. The van der Waals surface area contributed by atoms with Crippen molar-refractivity contribution in [1.29, 1.82) is 0 Å². The maximum Gasteiger partial charge on any atom is 0.446 e. The number of aromatic nitrogens is 1. The van der Waals surface area contributed by atoms with Gasteiger partial charge in [-0.3, -0.25) is 42.9 Å². The van der Waals surface area contributed by atoms with Gasteiger partial charge in [-0.1, -0.05) is 50.0 Å². The fourth-order valence-electron chi connectivity index (χ4n) is 10.3. The number of aromatic hydroxyl groups is 1. The van der Waals surface area contributed by atoms with Gasteiger partial charge in [0.05, 0.1) is 43.5 Å². The van der Waals surface area contributed by atoms with Gasteiger partial charge in [0, 0.05) is 61.2 Å². The third-order valence-electron chi connectivity index (χ3n) is 14.9. The predicted octanol–water partition coefficient (Wildman–Crippen LogP) is -1.68. The van der Waals surface area contributed by atoms with Crippen LogP contribution < -0.4 is 41.2 Å². The molecule has 0 unspecified atom stereocenters. The first-order chi connectivity index (χ1) is 40.7. The van der Waals surface area contributed by atoms with E-state index in [0.717, 1.165) is 59.7 Å². The molecule has 1 aromatic heterocycles. The van der Waals surface area contributed by atoms with Crippen molar-refractivity contribution >= 4 is 57.7 Å². The van der Waals surface area contributed by atoms with Gasteiger partial charge in [-0.15, -0.1) is 0 Å². The van der Waals surface area contributed by atoms with Gasteiger partial charge >= 0.3 is 10.4 Å². The molecule has 29 nitrogen and oxygen atoms in total. The largest absolute Gasteiger partial charge is 0.504 e. The molecule has 0 spiro atoms. The minimum absolute atomic E-state index is 0.00254. The highest BCUT2D eigenvalue weighted by atomic mass is 32.3. The molecule has 86 heavy (non-hydrogen) atoms. The van der Waals surface area contributed by atoms with E-state index in [1.54, 1.807) is 18.2 Å². The molecule has 3 aliphatic heterocycles. The van der Waals surface area contributed by atoms with E-state index in [4.69, 9.17) is 15.0 Å². The Labute approximate surface area is 493 Å². The summed E-state index contributed by atoms with van der Waals surface area (Å²) in [6.45, 7) is 4.00. The van der Waals surface area contributed by atoms with Crippen LogP contribution in [0, 0.1) is 5.92 Å². The SMILES string of the molecule is CCCCCOc1ccc(-c2cc(-c3ccc(C(=O)N[C@H]4C[C@H](O)CNC(=O)[C@@H]5[C@@H](O)[C@@H](C)CN5C(=O)[C@H]([C@H](O)CC(N)=O)NC(=O)[C@H]([C@H](O)Cc5ccc(O)c(OS(=O)(=O)O)c5)NC(=O)[C@@H]5CCCN5C(=O)[C@H]([C@@H](C)O)NC4=O)cc3)no2)cc1. The fraction of sp³-hybridized carbons (Fsp3) is 0.482. The summed E-state index contributed by atoms with van der Waals surface area (Å²) in [5, 5.41) is 83.4. The number of benzene rings is 3. The number of carbonyl (C=O) groups excluding carboxylic acids is 8. The number of primary amides is 1. The summed E-state index contributed by atoms with van der Waals surface area (Å²) in [5.41, 5.74) is 6.97. The molecule has 12 atom stereocenters. The highest BCUT2D eigenvalue weighted by Crippen LogP contribution is 2.31. The van der Waals surface area contributed by atoms with Gasteiger partial charge in [0.25, 0.3) is 5.91 Å². The fourth-order valence-corrected chi connectivity index (χ4v) is 10.7.